The number of rotatable bonds is 10. The standard InChI is InChI=1S/C18H28FN3O2/c1-2-20-18(21-10-5-11-24-13-14-8-9-14)22-12-17(23)15-6-3-4-7-16(15)19/h3-4,6-7,14,17,23H,2,5,8-13H2,1H3,(H2,20,21,22). The van der Waals surface area contributed by atoms with Crippen LogP contribution in [0.15, 0.2) is 29.3 Å². The molecule has 1 atom stereocenters. The molecule has 1 fully saturated rings. The van der Waals surface area contributed by atoms with Gasteiger partial charge in [-0.3, -0.25) is 4.99 Å². The number of nitrogens with one attached hydrogen (secondary N) is 2. The Morgan fingerprint density at radius 1 is 1.38 bits per heavy atom. The highest BCUT2D eigenvalue weighted by Crippen LogP contribution is 2.28. The van der Waals surface area contributed by atoms with Gasteiger partial charge in [0.05, 0.1) is 6.54 Å². The van der Waals surface area contributed by atoms with Gasteiger partial charge in [-0.25, -0.2) is 4.39 Å². The molecule has 134 valence electrons. The highest BCUT2D eigenvalue weighted by atomic mass is 19.1. The van der Waals surface area contributed by atoms with E-state index >= 15 is 0 Å². The summed E-state index contributed by atoms with van der Waals surface area (Å²) in [4.78, 5) is 4.32. The van der Waals surface area contributed by atoms with E-state index in [4.69, 9.17) is 4.74 Å². The maximum absolute atomic E-state index is 13.6. The van der Waals surface area contributed by atoms with Crippen LogP contribution in [0.4, 0.5) is 4.39 Å². The predicted molar refractivity (Wildman–Crippen MR) is 93.5 cm³/mol. The van der Waals surface area contributed by atoms with Gasteiger partial charge in [-0.1, -0.05) is 18.2 Å². The van der Waals surface area contributed by atoms with E-state index in [-0.39, 0.29) is 12.1 Å². The fraction of sp³-hybridized carbons (Fsp3) is 0.611. The quantitative estimate of drug-likeness (QED) is 0.348. The van der Waals surface area contributed by atoms with Crippen LogP contribution in [0.3, 0.4) is 0 Å². The maximum atomic E-state index is 13.6. The zero-order valence-electron chi connectivity index (χ0n) is 14.3. The van der Waals surface area contributed by atoms with E-state index in [1.54, 1.807) is 18.2 Å². The number of ether oxygens (including phenoxy) is 1. The van der Waals surface area contributed by atoms with E-state index in [0.717, 1.165) is 38.6 Å². The van der Waals surface area contributed by atoms with Crippen molar-refractivity contribution in [3.63, 3.8) is 0 Å². The van der Waals surface area contributed by atoms with E-state index in [1.807, 2.05) is 6.92 Å². The third-order valence-electron chi connectivity index (χ3n) is 3.84. The summed E-state index contributed by atoms with van der Waals surface area (Å²) in [7, 11) is 0. The summed E-state index contributed by atoms with van der Waals surface area (Å²) >= 11 is 0. The van der Waals surface area contributed by atoms with Crippen molar-refractivity contribution >= 4 is 5.96 Å². The van der Waals surface area contributed by atoms with Crippen LogP contribution in [0.25, 0.3) is 0 Å². The van der Waals surface area contributed by atoms with Crippen LogP contribution in [0.2, 0.25) is 0 Å². The van der Waals surface area contributed by atoms with Crippen LogP contribution in [0, 0.1) is 11.7 Å². The van der Waals surface area contributed by atoms with E-state index in [9.17, 15) is 9.50 Å². The summed E-state index contributed by atoms with van der Waals surface area (Å²) in [6.07, 6.45) is 2.55. The summed E-state index contributed by atoms with van der Waals surface area (Å²) in [5.74, 6) is 0.998. The third kappa shape index (κ3) is 6.84. The molecule has 2 rings (SSSR count). The predicted octanol–water partition coefficient (Wildman–Crippen LogP) is 2.23. The van der Waals surface area contributed by atoms with Gasteiger partial charge in [0.2, 0.25) is 0 Å². The summed E-state index contributed by atoms with van der Waals surface area (Å²) in [6.45, 7) is 5.16. The minimum atomic E-state index is -0.955. The zero-order chi connectivity index (χ0) is 17.2. The number of aliphatic imine (C=N–C) groups is 1. The first-order valence-corrected chi connectivity index (χ1v) is 8.73. The van der Waals surface area contributed by atoms with Crippen LogP contribution in [0.5, 0.6) is 0 Å². The lowest BCUT2D eigenvalue weighted by Crippen LogP contribution is -2.38. The van der Waals surface area contributed by atoms with Crippen LogP contribution in [-0.4, -0.2) is 43.9 Å². The number of aliphatic hydroxyl groups excluding tert-OH is 1. The summed E-state index contributed by atoms with van der Waals surface area (Å²) in [6, 6.07) is 6.22. The number of hydrogen-bond donors (Lipinski definition) is 3. The van der Waals surface area contributed by atoms with Crippen molar-refractivity contribution in [2.45, 2.75) is 32.3 Å². The first kappa shape index (κ1) is 18.7. The van der Waals surface area contributed by atoms with Crippen molar-refractivity contribution in [3.05, 3.63) is 35.6 Å². The van der Waals surface area contributed by atoms with Gasteiger partial charge in [0.15, 0.2) is 5.96 Å². The molecular weight excluding hydrogens is 309 g/mol. The topological polar surface area (TPSA) is 65.9 Å². The highest BCUT2D eigenvalue weighted by Gasteiger charge is 2.20. The lowest BCUT2D eigenvalue weighted by atomic mass is 10.1. The van der Waals surface area contributed by atoms with Crippen LogP contribution in [0.1, 0.15) is 37.9 Å². The Morgan fingerprint density at radius 3 is 2.88 bits per heavy atom. The normalized spacial score (nSPS) is 16.0. The summed E-state index contributed by atoms with van der Waals surface area (Å²) in [5, 5.41) is 16.4. The Kier molecular flexibility index (Phi) is 7.98. The minimum absolute atomic E-state index is 0.106. The molecule has 0 amide bonds. The average molecular weight is 337 g/mol. The van der Waals surface area contributed by atoms with Crippen molar-refractivity contribution in [1.29, 1.82) is 0 Å². The van der Waals surface area contributed by atoms with Gasteiger partial charge in [0, 0.05) is 31.9 Å². The number of guanidine groups is 1. The van der Waals surface area contributed by atoms with Gasteiger partial charge in [-0.15, -0.1) is 0 Å². The van der Waals surface area contributed by atoms with Gasteiger partial charge in [0.25, 0.3) is 0 Å². The Labute approximate surface area is 143 Å². The third-order valence-corrected chi connectivity index (χ3v) is 3.84. The molecule has 0 radical (unpaired) electrons. The lowest BCUT2D eigenvalue weighted by molar-refractivity contribution is 0.123. The molecule has 24 heavy (non-hydrogen) atoms. The largest absolute Gasteiger partial charge is 0.386 e. The van der Waals surface area contributed by atoms with Gasteiger partial charge in [-0.05, 0) is 38.2 Å². The molecule has 1 saturated carbocycles. The monoisotopic (exact) mass is 337 g/mol. The molecule has 0 aromatic heterocycles. The van der Waals surface area contributed by atoms with Crippen molar-refractivity contribution in [2.24, 2.45) is 10.9 Å². The molecule has 1 aliphatic rings. The van der Waals surface area contributed by atoms with Crippen molar-refractivity contribution in [2.75, 3.05) is 32.8 Å². The Balaban J connectivity index is 1.71. The first-order valence-electron chi connectivity index (χ1n) is 8.73. The van der Waals surface area contributed by atoms with Crippen LogP contribution < -0.4 is 10.6 Å². The van der Waals surface area contributed by atoms with E-state index in [1.165, 1.54) is 18.9 Å². The molecule has 0 bridgehead atoms. The van der Waals surface area contributed by atoms with E-state index in [2.05, 4.69) is 15.6 Å². The molecule has 1 aromatic carbocycles. The average Bonchev–Trinajstić information content (AvgIpc) is 3.40. The van der Waals surface area contributed by atoms with Gasteiger partial charge in [0.1, 0.15) is 11.9 Å². The van der Waals surface area contributed by atoms with Gasteiger partial charge >= 0.3 is 0 Å². The fourth-order valence-electron chi connectivity index (χ4n) is 2.28. The number of halogens is 1. The highest BCUT2D eigenvalue weighted by molar-refractivity contribution is 5.79. The van der Waals surface area contributed by atoms with Crippen molar-refractivity contribution in [1.82, 2.24) is 10.6 Å². The fourth-order valence-corrected chi connectivity index (χ4v) is 2.28. The molecule has 3 N–H and O–H groups in total. The maximum Gasteiger partial charge on any atom is 0.191 e. The lowest BCUT2D eigenvalue weighted by Gasteiger charge is -2.13. The van der Waals surface area contributed by atoms with Gasteiger partial charge in [-0.2, -0.15) is 0 Å². The van der Waals surface area contributed by atoms with Crippen molar-refractivity contribution in [3.8, 4) is 0 Å². The molecule has 1 aromatic rings. The van der Waals surface area contributed by atoms with E-state index in [0.29, 0.717) is 5.96 Å². The second-order valence-electron chi connectivity index (χ2n) is 6.06. The summed E-state index contributed by atoms with van der Waals surface area (Å²) < 4.78 is 19.2. The van der Waals surface area contributed by atoms with Crippen molar-refractivity contribution < 1.29 is 14.2 Å². The minimum Gasteiger partial charge on any atom is -0.386 e. The molecular formula is C18H28FN3O2. The molecule has 6 heteroatoms. The molecule has 1 aliphatic carbocycles. The smallest absolute Gasteiger partial charge is 0.191 e. The van der Waals surface area contributed by atoms with E-state index < -0.39 is 11.9 Å². The molecule has 1 unspecified atom stereocenters. The Bertz CT molecular complexity index is 521. The number of aliphatic hydroxyl groups is 1. The zero-order valence-corrected chi connectivity index (χ0v) is 14.3. The summed E-state index contributed by atoms with van der Waals surface area (Å²) in [5.41, 5.74) is 0.269. The molecule has 5 nitrogen and oxygen atoms in total. The first-order chi connectivity index (χ1) is 11.7. The molecule has 0 spiro atoms. The van der Waals surface area contributed by atoms with Crippen LogP contribution in [-0.2, 0) is 4.74 Å². The Hall–Kier alpha value is -1.66. The number of hydrogen-bond acceptors (Lipinski definition) is 3. The van der Waals surface area contributed by atoms with Crippen LogP contribution >= 0.6 is 0 Å². The number of benzene rings is 1. The second-order valence-corrected chi connectivity index (χ2v) is 6.06. The molecule has 0 heterocycles. The second kappa shape index (κ2) is 10.3. The molecule has 0 aliphatic heterocycles. The number of nitrogens with zero attached hydrogens (tertiary/aromatic N) is 1. The Morgan fingerprint density at radius 2 is 2.17 bits per heavy atom. The molecule has 0 saturated heterocycles. The SMILES string of the molecule is CCNC(=NCC(O)c1ccccc1F)NCCCOCC1CC1. The van der Waals surface area contributed by atoms with Gasteiger partial charge < -0.3 is 20.5 Å².